The summed E-state index contributed by atoms with van der Waals surface area (Å²) in [5, 5.41) is 4.09. The largest absolute Gasteiger partial charge is 0.375 e. The van der Waals surface area contributed by atoms with E-state index < -0.39 is 0 Å². The first-order valence-electron chi connectivity index (χ1n) is 9.27. The standard InChI is InChI=1S/C19H25FN8S/c1-26(2)17-15(12-23-25-18(21)29)11-22-19(24-17)28-9-7-27(8-10-28)13-14-3-5-16(20)6-4-14/h3-6,11-12H,7-10,13H2,1-2H3,(H3,21,25,29)/b23-12+. The van der Waals surface area contributed by atoms with Crippen molar-refractivity contribution in [2.24, 2.45) is 10.8 Å². The van der Waals surface area contributed by atoms with E-state index in [1.807, 2.05) is 31.1 Å². The van der Waals surface area contributed by atoms with Gasteiger partial charge in [0.15, 0.2) is 5.11 Å². The molecule has 0 amide bonds. The zero-order valence-corrected chi connectivity index (χ0v) is 17.4. The monoisotopic (exact) mass is 416 g/mol. The van der Waals surface area contributed by atoms with E-state index in [0.29, 0.717) is 5.95 Å². The predicted molar refractivity (Wildman–Crippen MR) is 118 cm³/mol. The molecule has 0 unspecified atom stereocenters. The number of nitrogens with zero attached hydrogens (tertiary/aromatic N) is 6. The molecule has 2 heterocycles. The fourth-order valence-corrected chi connectivity index (χ4v) is 3.15. The molecule has 29 heavy (non-hydrogen) atoms. The summed E-state index contributed by atoms with van der Waals surface area (Å²) in [5.41, 5.74) is 9.79. The third-order valence-electron chi connectivity index (χ3n) is 4.56. The highest BCUT2D eigenvalue weighted by Gasteiger charge is 2.20. The van der Waals surface area contributed by atoms with Gasteiger partial charge < -0.3 is 15.5 Å². The summed E-state index contributed by atoms with van der Waals surface area (Å²) < 4.78 is 13.1. The Hall–Kier alpha value is -2.85. The van der Waals surface area contributed by atoms with E-state index in [9.17, 15) is 4.39 Å². The van der Waals surface area contributed by atoms with E-state index in [1.165, 1.54) is 12.1 Å². The van der Waals surface area contributed by atoms with Gasteiger partial charge in [0.05, 0.1) is 11.8 Å². The van der Waals surface area contributed by atoms with Gasteiger partial charge >= 0.3 is 0 Å². The number of nitrogens with two attached hydrogens (primary N) is 1. The molecule has 1 aromatic heterocycles. The van der Waals surface area contributed by atoms with E-state index in [2.05, 4.69) is 25.3 Å². The lowest BCUT2D eigenvalue weighted by Gasteiger charge is -2.35. The number of anilines is 2. The second kappa shape index (κ2) is 9.57. The Kier molecular flexibility index (Phi) is 6.89. The second-order valence-corrected chi connectivity index (χ2v) is 7.41. The first-order valence-corrected chi connectivity index (χ1v) is 9.68. The van der Waals surface area contributed by atoms with Crippen LogP contribution in [0.4, 0.5) is 16.2 Å². The molecular weight excluding hydrogens is 391 g/mol. The van der Waals surface area contributed by atoms with Crippen LogP contribution in [-0.4, -0.2) is 66.5 Å². The Morgan fingerprint density at radius 1 is 1.28 bits per heavy atom. The number of nitrogens with one attached hydrogen (secondary N) is 1. The van der Waals surface area contributed by atoms with Gasteiger partial charge in [-0.2, -0.15) is 10.1 Å². The Morgan fingerprint density at radius 2 is 1.97 bits per heavy atom. The van der Waals surface area contributed by atoms with Crippen LogP contribution >= 0.6 is 12.2 Å². The molecule has 0 spiro atoms. The molecular formula is C19H25FN8S. The minimum atomic E-state index is -0.206. The number of piperazine rings is 1. The average Bonchev–Trinajstić information content (AvgIpc) is 2.70. The van der Waals surface area contributed by atoms with Crippen LogP contribution in [-0.2, 0) is 6.54 Å². The van der Waals surface area contributed by atoms with Crippen molar-refractivity contribution in [1.29, 1.82) is 0 Å². The number of thiocarbonyl (C=S) groups is 1. The maximum Gasteiger partial charge on any atom is 0.227 e. The Labute approximate surface area is 175 Å². The van der Waals surface area contributed by atoms with Crippen LogP contribution in [0.1, 0.15) is 11.1 Å². The molecule has 0 radical (unpaired) electrons. The number of hydrogen-bond donors (Lipinski definition) is 2. The Balaban J connectivity index is 1.63. The van der Waals surface area contributed by atoms with Crippen molar-refractivity contribution in [3.05, 3.63) is 47.4 Å². The molecule has 2 aromatic rings. The minimum Gasteiger partial charge on any atom is -0.375 e. The van der Waals surface area contributed by atoms with E-state index >= 15 is 0 Å². The van der Waals surface area contributed by atoms with Crippen molar-refractivity contribution in [2.45, 2.75) is 6.54 Å². The number of aromatic nitrogens is 2. The lowest BCUT2D eigenvalue weighted by molar-refractivity contribution is 0.248. The molecule has 10 heteroatoms. The number of hydrogen-bond acceptors (Lipinski definition) is 7. The molecule has 0 atom stereocenters. The van der Waals surface area contributed by atoms with E-state index in [4.69, 9.17) is 22.9 Å². The van der Waals surface area contributed by atoms with Crippen LogP contribution in [0.15, 0.2) is 35.6 Å². The fraction of sp³-hybridized carbons (Fsp3) is 0.368. The highest BCUT2D eigenvalue weighted by Crippen LogP contribution is 2.19. The summed E-state index contributed by atoms with van der Waals surface area (Å²) in [6.45, 7) is 4.23. The summed E-state index contributed by atoms with van der Waals surface area (Å²) in [4.78, 5) is 15.6. The molecule has 0 aliphatic carbocycles. The summed E-state index contributed by atoms with van der Waals surface area (Å²) in [7, 11) is 3.84. The van der Waals surface area contributed by atoms with Crippen molar-refractivity contribution >= 4 is 35.3 Å². The van der Waals surface area contributed by atoms with Gasteiger partial charge in [-0.15, -0.1) is 0 Å². The SMILES string of the molecule is CN(C)c1nc(N2CCN(Cc3ccc(F)cc3)CC2)ncc1/C=N/NC(N)=S. The average molecular weight is 417 g/mol. The lowest BCUT2D eigenvalue weighted by atomic mass is 10.2. The van der Waals surface area contributed by atoms with Crippen molar-refractivity contribution < 1.29 is 4.39 Å². The molecule has 1 fully saturated rings. The van der Waals surface area contributed by atoms with Gasteiger partial charge in [0.2, 0.25) is 5.95 Å². The van der Waals surface area contributed by atoms with Gasteiger partial charge in [-0.1, -0.05) is 12.1 Å². The molecule has 1 aromatic carbocycles. The van der Waals surface area contributed by atoms with Crippen molar-refractivity contribution in [1.82, 2.24) is 20.3 Å². The number of rotatable bonds is 6. The molecule has 3 N–H and O–H groups in total. The number of benzene rings is 1. The molecule has 1 saturated heterocycles. The first kappa shape index (κ1) is 20.9. The van der Waals surface area contributed by atoms with Crippen LogP contribution in [0.25, 0.3) is 0 Å². The van der Waals surface area contributed by atoms with Gasteiger partial charge in [-0.25, -0.2) is 9.37 Å². The molecule has 3 rings (SSSR count). The highest BCUT2D eigenvalue weighted by atomic mass is 32.1. The molecule has 1 aliphatic heterocycles. The zero-order chi connectivity index (χ0) is 20.8. The smallest absolute Gasteiger partial charge is 0.227 e. The molecule has 0 saturated carbocycles. The minimum absolute atomic E-state index is 0.101. The van der Waals surface area contributed by atoms with Crippen LogP contribution in [0.2, 0.25) is 0 Å². The third kappa shape index (κ3) is 5.81. The van der Waals surface area contributed by atoms with E-state index in [1.54, 1.807) is 12.4 Å². The quantitative estimate of drug-likeness (QED) is 0.412. The predicted octanol–water partition coefficient (Wildman–Crippen LogP) is 1.17. The van der Waals surface area contributed by atoms with Crippen molar-refractivity contribution in [3.63, 3.8) is 0 Å². The van der Waals surface area contributed by atoms with Crippen LogP contribution in [0.5, 0.6) is 0 Å². The van der Waals surface area contributed by atoms with Gasteiger partial charge in [-0.05, 0) is 29.9 Å². The maximum atomic E-state index is 13.1. The number of hydrazone groups is 1. The highest BCUT2D eigenvalue weighted by molar-refractivity contribution is 7.80. The normalized spacial score (nSPS) is 14.9. The van der Waals surface area contributed by atoms with Crippen LogP contribution in [0, 0.1) is 5.82 Å². The lowest BCUT2D eigenvalue weighted by Crippen LogP contribution is -2.46. The Morgan fingerprint density at radius 3 is 2.59 bits per heavy atom. The molecule has 1 aliphatic rings. The molecule has 8 nitrogen and oxygen atoms in total. The zero-order valence-electron chi connectivity index (χ0n) is 16.5. The summed E-state index contributed by atoms with van der Waals surface area (Å²) in [5.74, 6) is 1.24. The van der Waals surface area contributed by atoms with Crippen molar-refractivity contribution in [2.75, 3.05) is 50.1 Å². The van der Waals surface area contributed by atoms with Crippen LogP contribution in [0.3, 0.4) is 0 Å². The second-order valence-electron chi connectivity index (χ2n) is 6.97. The van der Waals surface area contributed by atoms with E-state index in [0.717, 1.165) is 49.7 Å². The Bertz CT molecular complexity index is 863. The maximum absolute atomic E-state index is 13.1. The van der Waals surface area contributed by atoms with Crippen LogP contribution < -0.4 is 21.0 Å². The fourth-order valence-electron chi connectivity index (χ4n) is 3.09. The summed E-state index contributed by atoms with van der Waals surface area (Å²) in [6, 6.07) is 6.68. The van der Waals surface area contributed by atoms with Gasteiger partial charge in [0.25, 0.3) is 0 Å². The number of halogens is 1. The molecule has 0 bridgehead atoms. The van der Waals surface area contributed by atoms with Gasteiger partial charge in [0, 0.05) is 53.0 Å². The first-order chi connectivity index (χ1) is 13.9. The topological polar surface area (TPSA) is 85.9 Å². The summed E-state index contributed by atoms with van der Waals surface area (Å²) >= 11 is 4.74. The third-order valence-corrected chi connectivity index (χ3v) is 4.65. The van der Waals surface area contributed by atoms with Gasteiger partial charge in [0.1, 0.15) is 11.6 Å². The van der Waals surface area contributed by atoms with Crippen molar-refractivity contribution in [3.8, 4) is 0 Å². The summed E-state index contributed by atoms with van der Waals surface area (Å²) in [6.07, 6.45) is 3.34. The molecule has 154 valence electrons. The van der Waals surface area contributed by atoms with Gasteiger partial charge in [-0.3, -0.25) is 10.3 Å². The van der Waals surface area contributed by atoms with E-state index in [-0.39, 0.29) is 10.9 Å².